The third-order valence-electron chi connectivity index (χ3n) is 5.61. The molecular weight excluding hydrogens is 499 g/mol. The summed E-state index contributed by atoms with van der Waals surface area (Å²) in [5, 5.41) is 10.6. The van der Waals surface area contributed by atoms with E-state index in [0.29, 0.717) is 28.5 Å². The molecule has 0 saturated carbocycles. The van der Waals surface area contributed by atoms with Gasteiger partial charge in [0.2, 0.25) is 0 Å². The second kappa shape index (κ2) is 10.0. The van der Waals surface area contributed by atoms with Gasteiger partial charge < -0.3 is 9.84 Å². The zero-order valence-electron chi connectivity index (χ0n) is 20.6. The van der Waals surface area contributed by atoms with Crippen molar-refractivity contribution in [3.63, 3.8) is 0 Å². The highest BCUT2D eigenvalue weighted by Gasteiger charge is 2.22. The maximum Gasteiger partial charge on any atom is 0.277 e. The van der Waals surface area contributed by atoms with Crippen molar-refractivity contribution < 1.29 is 9.84 Å². The molecule has 1 N–H and O–H groups in total. The van der Waals surface area contributed by atoms with Crippen molar-refractivity contribution >= 4 is 23.2 Å². The van der Waals surface area contributed by atoms with Crippen LogP contribution in [0.15, 0.2) is 53.6 Å². The molecule has 3 heterocycles. The first kappa shape index (κ1) is 25.8. The maximum absolute atomic E-state index is 13.3. The number of hydrogen-bond acceptors (Lipinski definition) is 6. The standard InChI is InChI=1S/C27H26Cl2N4O3/c1-15-7-6-8-18(9-15)14-36-22-10-17(3)33(25(34)23(22)29)21-11-20(30-13-19(21)28)24-16(2)12-31-26(32-24)27(4,5)35/h6-13,35H,14H2,1-5H3. The highest BCUT2D eigenvalue weighted by atomic mass is 35.5. The molecule has 0 radical (unpaired) electrons. The average molecular weight is 525 g/mol. The van der Waals surface area contributed by atoms with E-state index in [-0.39, 0.29) is 22.5 Å². The van der Waals surface area contributed by atoms with E-state index < -0.39 is 11.2 Å². The highest BCUT2D eigenvalue weighted by molar-refractivity contribution is 6.33. The van der Waals surface area contributed by atoms with Crippen LogP contribution in [0.25, 0.3) is 17.1 Å². The van der Waals surface area contributed by atoms with E-state index >= 15 is 0 Å². The molecule has 4 rings (SSSR count). The number of hydrogen-bond donors (Lipinski definition) is 1. The predicted octanol–water partition coefficient (Wildman–Crippen LogP) is 5.73. The molecule has 0 unspecified atom stereocenters. The summed E-state index contributed by atoms with van der Waals surface area (Å²) >= 11 is 12.9. The zero-order valence-corrected chi connectivity index (χ0v) is 22.1. The van der Waals surface area contributed by atoms with Crippen molar-refractivity contribution in [2.45, 2.75) is 46.8 Å². The molecular formula is C27H26Cl2N4O3. The Bertz CT molecular complexity index is 1510. The summed E-state index contributed by atoms with van der Waals surface area (Å²) in [6.45, 7) is 9.11. The van der Waals surface area contributed by atoms with E-state index in [9.17, 15) is 9.90 Å². The monoisotopic (exact) mass is 524 g/mol. The summed E-state index contributed by atoms with van der Waals surface area (Å²) in [5.41, 5.74) is 3.13. The molecule has 0 fully saturated rings. The van der Waals surface area contributed by atoms with Crippen LogP contribution in [0, 0.1) is 20.8 Å². The first-order valence-electron chi connectivity index (χ1n) is 11.3. The molecule has 0 aliphatic heterocycles. The number of halogens is 2. The van der Waals surface area contributed by atoms with E-state index in [1.165, 1.54) is 10.8 Å². The van der Waals surface area contributed by atoms with Crippen LogP contribution in [0.1, 0.15) is 42.1 Å². The molecule has 0 spiro atoms. The lowest BCUT2D eigenvalue weighted by Crippen LogP contribution is -2.22. The first-order valence-corrected chi connectivity index (χ1v) is 12.0. The number of rotatable bonds is 6. The molecule has 9 heteroatoms. The Labute approximate surface area is 219 Å². The predicted molar refractivity (Wildman–Crippen MR) is 141 cm³/mol. The number of pyridine rings is 2. The van der Waals surface area contributed by atoms with E-state index in [1.54, 1.807) is 39.1 Å². The lowest BCUT2D eigenvalue weighted by atomic mass is 10.1. The lowest BCUT2D eigenvalue weighted by Gasteiger charge is -2.18. The topological polar surface area (TPSA) is 90.1 Å². The summed E-state index contributed by atoms with van der Waals surface area (Å²) in [4.78, 5) is 26.5. The highest BCUT2D eigenvalue weighted by Crippen LogP contribution is 2.30. The molecule has 0 aliphatic carbocycles. The minimum Gasteiger partial charge on any atom is -0.487 e. The van der Waals surface area contributed by atoms with Gasteiger partial charge in [0, 0.05) is 24.2 Å². The molecule has 1 aromatic carbocycles. The molecule has 4 aromatic rings. The van der Waals surface area contributed by atoms with Crippen molar-refractivity contribution in [3.05, 3.63) is 97.4 Å². The zero-order chi connectivity index (χ0) is 26.2. The van der Waals surface area contributed by atoms with Gasteiger partial charge in [-0.25, -0.2) is 9.97 Å². The van der Waals surface area contributed by atoms with Crippen LogP contribution in [-0.4, -0.2) is 24.6 Å². The quantitative estimate of drug-likeness (QED) is 0.346. The van der Waals surface area contributed by atoms with E-state index in [2.05, 4.69) is 15.0 Å². The Balaban J connectivity index is 1.75. The number of nitrogens with zero attached hydrogens (tertiary/aromatic N) is 4. The van der Waals surface area contributed by atoms with E-state index in [1.807, 2.05) is 38.1 Å². The number of aliphatic hydroxyl groups is 1. The average Bonchev–Trinajstić information content (AvgIpc) is 2.81. The third-order valence-corrected chi connectivity index (χ3v) is 6.25. The van der Waals surface area contributed by atoms with Crippen LogP contribution < -0.4 is 10.3 Å². The van der Waals surface area contributed by atoms with Crippen LogP contribution >= 0.6 is 23.2 Å². The molecule has 36 heavy (non-hydrogen) atoms. The lowest BCUT2D eigenvalue weighted by molar-refractivity contribution is 0.0688. The Kier molecular flexibility index (Phi) is 7.18. The Morgan fingerprint density at radius 3 is 2.50 bits per heavy atom. The van der Waals surface area contributed by atoms with Gasteiger partial charge in [0.25, 0.3) is 5.56 Å². The smallest absolute Gasteiger partial charge is 0.277 e. The molecule has 0 amide bonds. The maximum atomic E-state index is 13.3. The Hall–Kier alpha value is -3.26. The van der Waals surface area contributed by atoms with Crippen molar-refractivity contribution in [1.29, 1.82) is 0 Å². The summed E-state index contributed by atoms with van der Waals surface area (Å²) < 4.78 is 7.30. The number of ether oxygens (including phenoxy) is 1. The summed E-state index contributed by atoms with van der Waals surface area (Å²) in [7, 11) is 0. The molecule has 186 valence electrons. The van der Waals surface area contributed by atoms with E-state index in [0.717, 1.165) is 16.7 Å². The Morgan fingerprint density at radius 2 is 1.81 bits per heavy atom. The van der Waals surface area contributed by atoms with Gasteiger partial charge in [0.05, 0.1) is 22.1 Å². The van der Waals surface area contributed by atoms with Gasteiger partial charge in [0.1, 0.15) is 23.0 Å². The van der Waals surface area contributed by atoms with Crippen LogP contribution in [0.5, 0.6) is 5.75 Å². The SMILES string of the molecule is Cc1cccc(COc2cc(C)n(-c3cc(-c4nc(C(C)(C)O)ncc4C)ncc3Cl)c(=O)c2Cl)c1. The minimum atomic E-state index is -1.23. The van der Waals surface area contributed by atoms with Crippen molar-refractivity contribution in [2.75, 3.05) is 0 Å². The molecule has 7 nitrogen and oxygen atoms in total. The van der Waals surface area contributed by atoms with Crippen molar-refractivity contribution in [2.24, 2.45) is 0 Å². The fourth-order valence-corrected chi connectivity index (χ4v) is 4.16. The van der Waals surface area contributed by atoms with Crippen molar-refractivity contribution in [3.8, 4) is 22.8 Å². The number of aromatic nitrogens is 4. The number of benzene rings is 1. The van der Waals surface area contributed by atoms with Crippen molar-refractivity contribution in [1.82, 2.24) is 19.5 Å². The second-order valence-electron chi connectivity index (χ2n) is 9.19. The normalized spacial score (nSPS) is 11.6. The Morgan fingerprint density at radius 1 is 1.06 bits per heavy atom. The third kappa shape index (κ3) is 5.28. The van der Waals surface area contributed by atoms with Gasteiger partial charge >= 0.3 is 0 Å². The van der Waals surface area contributed by atoms with Crippen LogP contribution in [-0.2, 0) is 12.2 Å². The van der Waals surface area contributed by atoms with Gasteiger partial charge in [-0.3, -0.25) is 14.3 Å². The summed E-state index contributed by atoms with van der Waals surface area (Å²) in [5.74, 6) is 0.552. The molecule has 0 saturated heterocycles. The number of aryl methyl sites for hydroxylation is 3. The summed E-state index contributed by atoms with van der Waals surface area (Å²) in [6, 6.07) is 11.3. The van der Waals surface area contributed by atoms with Gasteiger partial charge in [-0.15, -0.1) is 0 Å². The van der Waals surface area contributed by atoms with Gasteiger partial charge in [-0.05, 0) is 51.8 Å². The van der Waals surface area contributed by atoms with Crippen LogP contribution in [0.2, 0.25) is 10.0 Å². The van der Waals surface area contributed by atoms with Gasteiger partial charge in [-0.2, -0.15) is 0 Å². The fraction of sp³-hybridized carbons (Fsp3) is 0.259. The molecule has 3 aromatic heterocycles. The first-order chi connectivity index (χ1) is 17.0. The molecule has 0 bridgehead atoms. The van der Waals surface area contributed by atoms with E-state index in [4.69, 9.17) is 27.9 Å². The van der Waals surface area contributed by atoms with Crippen LogP contribution in [0.4, 0.5) is 0 Å². The summed E-state index contributed by atoms with van der Waals surface area (Å²) in [6.07, 6.45) is 3.08. The van der Waals surface area contributed by atoms with Crippen LogP contribution in [0.3, 0.4) is 0 Å². The minimum absolute atomic E-state index is 0.0507. The fourth-order valence-electron chi connectivity index (χ4n) is 3.77. The second-order valence-corrected chi connectivity index (χ2v) is 9.97. The largest absolute Gasteiger partial charge is 0.487 e. The van der Waals surface area contributed by atoms with Gasteiger partial charge in [0.15, 0.2) is 5.82 Å². The molecule has 0 atom stereocenters. The molecule has 0 aliphatic rings. The van der Waals surface area contributed by atoms with Gasteiger partial charge in [-0.1, -0.05) is 53.0 Å².